The van der Waals surface area contributed by atoms with Gasteiger partial charge in [-0.05, 0) is 19.3 Å². The Morgan fingerprint density at radius 3 is 2.78 bits per heavy atom. The van der Waals surface area contributed by atoms with Gasteiger partial charge in [0.05, 0.1) is 25.5 Å². The number of urea groups is 1. The van der Waals surface area contributed by atoms with E-state index >= 15 is 0 Å². The average Bonchev–Trinajstić information content (AvgIpc) is 2.96. The summed E-state index contributed by atoms with van der Waals surface area (Å²) in [4.78, 5) is 14.3. The van der Waals surface area contributed by atoms with Gasteiger partial charge in [-0.15, -0.1) is 0 Å². The molecule has 7 nitrogen and oxygen atoms in total. The second kappa shape index (κ2) is 8.88. The van der Waals surface area contributed by atoms with Crippen molar-refractivity contribution in [2.24, 2.45) is 5.92 Å². The zero-order chi connectivity index (χ0) is 16.7. The van der Waals surface area contributed by atoms with Gasteiger partial charge in [0.15, 0.2) is 0 Å². The molecular weight excluding hydrogens is 294 g/mol. The monoisotopic (exact) mass is 323 g/mol. The first kappa shape index (κ1) is 17.7. The SMILES string of the molecule is CC(C)C[C@H](C)n1nccc1NC(=O)NCCN1CCOCC1. The highest BCUT2D eigenvalue weighted by Gasteiger charge is 2.14. The molecule has 1 aliphatic heterocycles. The minimum absolute atomic E-state index is 0.184. The third kappa shape index (κ3) is 5.84. The summed E-state index contributed by atoms with van der Waals surface area (Å²) >= 11 is 0. The lowest BCUT2D eigenvalue weighted by Crippen LogP contribution is -2.42. The van der Waals surface area contributed by atoms with Crippen molar-refractivity contribution in [2.45, 2.75) is 33.2 Å². The molecule has 0 saturated carbocycles. The lowest BCUT2D eigenvalue weighted by Gasteiger charge is -2.26. The number of rotatable bonds is 7. The molecule has 1 saturated heterocycles. The van der Waals surface area contributed by atoms with Crippen molar-refractivity contribution in [1.29, 1.82) is 0 Å². The molecule has 1 aromatic heterocycles. The highest BCUT2D eigenvalue weighted by molar-refractivity contribution is 5.88. The van der Waals surface area contributed by atoms with Crippen LogP contribution in [0.2, 0.25) is 0 Å². The Morgan fingerprint density at radius 1 is 1.35 bits per heavy atom. The molecule has 1 atom stereocenters. The van der Waals surface area contributed by atoms with E-state index in [2.05, 4.69) is 41.4 Å². The molecule has 0 radical (unpaired) electrons. The number of ether oxygens (including phenoxy) is 1. The summed E-state index contributed by atoms with van der Waals surface area (Å²) in [5.74, 6) is 1.33. The van der Waals surface area contributed by atoms with E-state index in [9.17, 15) is 4.79 Å². The Morgan fingerprint density at radius 2 is 2.09 bits per heavy atom. The summed E-state index contributed by atoms with van der Waals surface area (Å²) in [5.41, 5.74) is 0. The first-order chi connectivity index (χ1) is 11.1. The number of nitrogens with one attached hydrogen (secondary N) is 2. The zero-order valence-corrected chi connectivity index (χ0v) is 14.4. The van der Waals surface area contributed by atoms with E-state index in [4.69, 9.17) is 4.74 Å². The zero-order valence-electron chi connectivity index (χ0n) is 14.4. The molecular formula is C16H29N5O2. The third-order valence-corrected chi connectivity index (χ3v) is 3.96. The van der Waals surface area contributed by atoms with Crippen molar-refractivity contribution in [3.05, 3.63) is 12.3 Å². The van der Waals surface area contributed by atoms with Gasteiger partial charge in [-0.2, -0.15) is 5.10 Å². The summed E-state index contributed by atoms with van der Waals surface area (Å²) in [6.07, 6.45) is 2.75. The number of carbonyl (C=O) groups is 1. The van der Waals surface area contributed by atoms with Crippen molar-refractivity contribution in [2.75, 3.05) is 44.7 Å². The summed E-state index contributed by atoms with van der Waals surface area (Å²) in [7, 11) is 0. The molecule has 1 aromatic rings. The molecule has 2 N–H and O–H groups in total. The van der Waals surface area contributed by atoms with Crippen molar-refractivity contribution in [3.63, 3.8) is 0 Å². The van der Waals surface area contributed by atoms with Crippen molar-refractivity contribution >= 4 is 11.8 Å². The highest BCUT2D eigenvalue weighted by atomic mass is 16.5. The van der Waals surface area contributed by atoms with E-state index in [1.807, 2.05) is 10.7 Å². The number of morpholine rings is 1. The third-order valence-electron chi connectivity index (χ3n) is 3.96. The number of nitrogens with zero attached hydrogens (tertiary/aromatic N) is 3. The molecule has 0 aliphatic carbocycles. The summed E-state index contributed by atoms with van der Waals surface area (Å²) in [5, 5.41) is 10.1. The Hall–Kier alpha value is -1.60. The molecule has 0 aromatic carbocycles. The number of anilines is 1. The second-order valence-corrected chi connectivity index (χ2v) is 6.47. The van der Waals surface area contributed by atoms with E-state index in [0.717, 1.165) is 45.1 Å². The fourth-order valence-electron chi connectivity index (χ4n) is 2.86. The summed E-state index contributed by atoms with van der Waals surface area (Å²) in [6, 6.07) is 1.91. The number of amides is 2. The maximum absolute atomic E-state index is 12.0. The molecule has 2 heterocycles. The van der Waals surface area contributed by atoms with Crippen molar-refractivity contribution < 1.29 is 9.53 Å². The lowest BCUT2D eigenvalue weighted by molar-refractivity contribution is 0.0388. The molecule has 1 aliphatic rings. The van der Waals surface area contributed by atoms with Crippen LogP contribution in [-0.2, 0) is 4.74 Å². The molecule has 23 heavy (non-hydrogen) atoms. The van der Waals surface area contributed by atoms with Gasteiger partial charge in [0, 0.05) is 32.2 Å². The van der Waals surface area contributed by atoms with Gasteiger partial charge in [-0.3, -0.25) is 10.2 Å². The average molecular weight is 323 g/mol. The quantitative estimate of drug-likeness (QED) is 0.804. The van der Waals surface area contributed by atoms with Gasteiger partial charge >= 0.3 is 6.03 Å². The predicted molar refractivity (Wildman–Crippen MR) is 90.7 cm³/mol. The van der Waals surface area contributed by atoms with Gasteiger partial charge in [-0.1, -0.05) is 13.8 Å². The van der Waals surface area contributed by atoms with Crippen LogP contribution in [0.15, 0.2) is 12.3 Å². The van der Waals surface area contributed by atoms with Gasteiger partial charge in [0.2, 0.25) is 0 Å². The Labute approximate surface area is 138 Å². The minimum Gasteiger partial charge on any atom is -0.379 e. The maximum Gasteiger partial charge on any atom is 0.320 e. The molecule has 0 bridgehead atoms. The van der Waals surface area contributed by atoms with Gasteiger partial charge in [0.25, 0.3) is 0 Å². The summed E-state index contributed by atoms with van der Waals surface area (Å²) < 4.78 is 7.19. The molecule has 2 amide bonds. The van der Waals surface area contributed by atoms with Crippen LogP contribution < -0.4 is 10.6 Å². The largest absolute Gasteiger partial charge is 0.379 e. The van der Waals surface area contributed by atoms with Crippen LogP contribution in [0.3, 0.4) is 0 Å². The Balaban J connectivity index is 1.75. The van der Waals surface area contributed by atoms with Gasteiger partial charge < -0.3 is 10.1 Å². The van der Waals surface area contributed by atoms with Crippen LogP contribution in [0.4, 0.5) is 10.6 Å². The summed E-state index contributed by atoms with van der Waals surface area (Å²) in [6.45, 7) is 11.4. The van der Waals surface area contributed by atoms with E-state index in [0.29, 0.717) is 12.5 Å². The highest BCUT2D eigenvalue weighted by Crippen LogP contribution is 2.20. The van der Waals surface area contributed by atoms with Crippen molar-refractivity contribution in [1.82, 2.24) is 20.0 Å². The van der Waals surface area contributed by atoms with E-state index < -0.39 is 0 Å². The molecule has 1 fully saturated rings. The lowest BCUT2D eigenvalue weighted by atomic mass is 10.1. The van der Waals surface area contributed by atoms with Crippen LogP contribution in [-0.4, -0.2) is 60.1 Å². The van der Waals surface area contributed by atoms with Crippen LogP contribution in [0, 0.1) is 5.92 Å². The first-order valence-corrected chi connectivity index (χ1v) is 8.44. The fraction of sp³-hybridized carbons (Fsp3) is 0.750. The van der Waals surface area contributed by atoms with Crippen LogP contribution in [0.1, 0.15) is 33.2 Å². The normalized spacial score (nSPS) is 17.2. The predicted octanol–water partition coefficient (Wildman–Crippen LogP) is 1.94. The Kier molecular flexibility index (Phi) is 6.85. The standard InChI is InChI=1S/C16H29N5O2/c1-13(2)12-14(3)21-15(4-5-18-21)19-16(22)17-6-7-20-8-10-23-11-9-20/h4-5,13-14H,6-12H2,1-3H3,(H2,17,19,22)/t14-/m0/s1. The number of aromatic nitrogens is 2. The molecule has 7 heteroatoms. The Bertz CT molecular complexity index is 483. The van der Waals surface area contributed by atoms with Crippen LogP contribution in [0.25, 0.3) is 0 Å². The van der Waals surface area contributed by atoms with Crippen LogP contribution >= 0.6 is 0 Å². The molecule has 2 rings (SSSR count). The van der Waals surface area contributed by atoms with E-state index in [1.165, 1.54) is 0 Å². The maximum atomic E-state index is 12.0. The van der Waals surface area contributed by atoms with Crippen molar-refractivity contribution in [3.8, 4) is 0 Å². The smallest absolute Gasteiger partial charge is 0.320 e. The fourth-order valence-corrected chi connectivity index (χ4v) is 2.86. The first-order valence-electron chi connectivity index (χ1n) is 8.44. The second-order valence-electron chi connectivity index (χ2n) is 6.47. The number of hydrogen-bond acceptors (Lipinski definition) is 4. The minimum atomic E-state index is -0.184. The topological polar surface area (TPSA) is 71.4 Å². The number of hydrogen-bond donors (Lipinski definition) is 2. The van der Waals surface area contributed by atoms with Crippen LogP contribution in [0.5, 0.6) is 0 Å². The number of carbonyl (C=O) groups excluding carboxylic acids is 1. The van der Waals surface area contributed by atoms with E-state index in [-0.39, 0.29) is 12.1 Å². The van der Waals surface area contributed by atoms with Gasteiger partial charge in [-0.25, -0.2) is 9.48 Å². The van der Waals surface area contributed by atoms with Gasteiger partial charge in [0.1, 0.15) is 5.82 Å². The molecule has 130 valence electrons. The van der Waals surface area contributed by atoms with E-state index in [1.54, 1.807) is 6.20 Å². The molecule has 0 unspecified atom stereocenters. The molecule has 0 spiro atoms.